The zero-order valence-electron chi connectivity index (χ0n) is 36.2. The first kappa shape index (κ1) is 50.2. The minimum absolute atomic E-state index is 0. The van der Waals surface area contributed by atoms with Gasteiger partial charge in [-0.2, -0.15) is 0 Å². The van der Waals surface area contributed by atoms with Crippen molar-refractivity contribution in [3.8, 4) is 0 Å². The lowest BCUT2D eigenvalue weighted by Gasteiger charge is -2.42. The molecule has 0 saturated heterocycles. The number of halogens is 5. The van der Waals surface area contributed by atoms with E-state index in [9.17, 15) is 24.3 Å². The number of carbonyl (C=O) groups is 4. The van der Waals surface area contributed by atoms with E-state index in [0.29, 0.717) is 85.0 Å². The van der Waals surface area contributed by atoms with Crippen LogP contribution < -0.4 is 0 Å². The number of carboxylic acids is 1. The number of hydrogen-bond donors (Lipinski definition) is 1. The van der Waals surface area contributed by atoms with Gasteiger partial charge in [0.2, 0.25) is 0 Å². The standard InChI is InChI=1S/C25H25Cl3N2O2.C25H26Cl2N2O3.CH4/c1-15(2)17-7-9-25(10-8-17)29-22(19-11-20(26)13-21(27)12-19)24(32)30(25)14-16-3-5-18(6-4-16)23(28)31;1-15(2)17-7-9-25(10-8-17)28-22(19-11-20(26)13-21(27)12-19)23(30)29(25)14-16-3-5-18(6-4-16)24(31)32;/h3-6,11-13,15,17H,7-10,14H2,1-2H3;3-6,11-13,15,17H,7-10,14H2,1-2H3,(H,31,32);1H4. The summed E-state index contributed by atoms with van der Waals surface area (Å²) in [5, 5.41) is 10.5. The highest BCUT2D eigenvalue weighted by Crippen LogP contribution is 2.46. The Bertz CT molecular complexity index is 2280. The number of benzene rings is 4. The molecule has 344 valence electrons. The first-order chi connectivity index (χ1) is 30.4. The van der Waals surface area contributed by atoms with Crippen molar-refractivity contribution in [2.45, 2.75) is 111 Å². The van der Waals surface area contributed by atoms with Crippen LogP contribution in [0.5, 0.6) is 0 Å². The molecule has 0 bridgehead atoms. The van der Waals surface area contributed by atoms with E-state index < -0.39 is 22.5 Å². The molecule has 9 nitrogen and oxygen atoms in total. The van der Waals surface area contributed by atoms with Crippen LogP contribution in [0.25, 0.3) is 0 Å². The Labute approximate surface area is 407 Å². The SMILES string of the molecule is C.CC(C)C1CCC2(CC1)N=C(c1cc(Cl)cc(Cl)c1)C(=O)N2Cc1ccc(C(=O)Cl)cc1.CC(C)C1CCC2(CC1)N=C(c1cc(Cl)cc(Cl)c1)C(=O)N2Cc1ccc(C(=O)O)cc1. The lowest BCUT2D eigenvalue weighted by atomic mass is 9.76. The molecule has 2 amide bonds. The van der Waals surface area contributed by atoms with Crippen molar-refractivity contribution in [2.75, 3.05) is 0 Å². The Morgan fingerprint density at radius 3 is 1.22 bits per heavy atom. The minimum Gasteiger partial charge on any atom is -0.478 e. The first-order valence-electron chi connectivity index (χ1n) is 21.7. The average Bonchev–Trinajstić information content (AvgIpc) is 3.66. The Balaban J connectivity index is 0.000000212. The fourth-order valence-corrected chi connectivity index (χ4v) is 10.8. The number of nitrogens with zero attached hydrogens (tertiary/aromatic N) is 4. The number of aliphatic imine (C=N–C) groups is 2. The van der Waals surface area contributed by atoms with Crippen molar-refractivity contribution in [2.24, 2.45) is 33.7 Å². The quantitative estimate of drug-likeness (QED) is 0.159. The van der Waals surface area contributed by atoms with Gasteiger partial charge in [-0.1, -0.05) is 106 Å². The van der Waals surface area contributed by atoms with Crippen LogP contribution in [0.4, 0.5) is 0 Å². The maximum Gasteiger partial charge on any atom is 0.335 e. The molecule has 2 spiro atoms. The molecule has 0 unspecified atom stereocenters. The number of rotatable bonds is 10. The van der Waals surface area contributed by atoms with E-state index in [1.165, 1.54) is 0 Å². The van der Waals surface area contributed by atoms with Gasteiger partial charge in [-0.3, -0.25) is 24.4 Å². The van der Waals surface area contributed by atoms with Crippen molar-refractivity contribution < 1.29 is 24.3 Å². The topological polar surface area (TPSA) is 120 Å². The van der Waals surface area contributed by atoms with Crippen LogP contribution in [0.3, 0.4) is 0 Å². The van der Waals surface area contributed by atoms with E-state index in [0.717, 1.165) is 62.5 Å². The van der Waals surface area contributed by atoms with Crippen LogP contribution in [0, 0.1) is 23.7 Å². The van der Waals surface area contributed by atoms with Crippen LogP contribution in [-0.4, -0.2) is 60.7 Å². The third kappa shape index (κ3) is 11.1. The first-order valence-corrected chi connectivity index (χ1v) is 23.6. The number of carbonyl (C=O) groups excluding carboxylic acids is 3. The molecule has 65 heavy (non-hydrogen) atoms. The van der Waals surface area contributed by atoms with Gasteiger partial charge in [0.05, 0.1) is 5.56 Å². The van der Waals surface area contributed by atoms with Crippen molar-refractivity contribution in [1.82, 2.24) is 9.80 Å². The Hall–Kier alpha value is -4.25. The predicted molar refractivity (Wildman–Crippen MR) is 263 cm³/mol. The highest BCUT2D eigenvalue weighted by molar-refractivity contribution is 6.67. The van der Waals surface area contributed by atoms with Gasteiger partial charge in [0.15, 0.2) is 0 Å². The second kappa shape index (κ2) is 20.7. The smallest absolute Gasteiger partial charge is 0.335 e. The van der Waals surface area contributed by atoms with Gasteiger partial charge >= 0.3 is 5.97 Å². The Kier molecular flexibility index (Phi) is 16.0. The van der Waals surface area contributed by atoms with Crippen molar-refractivity contribution >= 4 is 92.5 Å². The molecule has 14 heteroatoms. The van der Waals surface area contributed by atoms with Gasteiger partial charge in [0.25, 0.3) is 17.1 Å². The molecule has 4 aromatic carbocycles. The molecule has 1 N–H and O–H groups in total. The highest BCUT2D eigenvalue weighted by atomic mass is 35.5. The number of carboxylic acid groups (broad SMARTS) is 1. The van der Waals surface area contributed by atoms with E-state index >= 15 is 0 Å². The summed E-state index contributed by atoms with van der Waals surface area (Å²) in [4.78, 5) is 63.6. The van der Waals surface area contributed by atoms with Crippen molar-refractivity contribution in [3.63, 3.8) is 0 Å². The summed E-state index contributed by atoms with van der Waals surface area (Å²) in [5.74, 6) is 1.21. The molecule has 4 aromatic rings. The van der Waals surface area contributed by atoms with Crippen LogP contribution in [0.15, 0.2) is 94.9 Å². The fraction of sp³-hybridized carbons (Fsp3) is 0.412. The van der Waals surface area contributed by atoms with Gasteiger partial charge in [-0.25, -0.2) is 4.79 Å². The maximum absolute atomic E-state index is 13.6. The second-order valence-corrected chi connectivity index (χ2v) is 20.2. The van der Waals surface area contributed by atoms with E-state index in [1.807, 2.05) is 21.9 Å². The van der Waals surface area contributed by atoms with Gasteiger partial charge in [0.1, 0.15) is 22.7 Å². The zero-order valence-corrected chi connectivity index (χ0v) is 40.0. The lowest BCUT2D eigenvalue weighted by molar-refractivity contribution is -0.131. The number of aromatic carboxylic acids is 1. The predicted octanol–water partition coefficient (Wildman–Crippen LogP) is 13.4. The van der Waals surface area contributed by atoms with E-state index in [4.69, 9.17) is 68.0 Å². The molecule has 2 fully saturated rings. The summed E-state index contributed by atoms with van der Waals surface area (Å²) in [6.45, 7) is 9.76. The number of amides is 2. The normalized spacial score (nSPS) is 22.8. The summed E-state index contributed by atoms with van der Waals surface area (Å²) in [6.07, 6.45) is 7.29. The molecule has 2 saturated carbocycles. The van der Waals surface area contributed by atoms with Crippen LogP contribution in [0.1, 0.15) is 129 Å². The zero-order chi connectivity index (χ0) is 46.1. The maximum atomic E-state index is 13.6. The lowest BCUT2D eigenvalue weighted by Crippen LogP contribution is -2.48. The molecule has 2 aliphatic heterocycles. The molecular weight excluding hydrogens is 926 g/mol. The van der Waals surface area contributed by atoms with Gasteiger partial charge in [-0.15, -0.1) is 0 Å². The third-order valence-electron chi connectivity index (χ3n) is 13.4. The van der Waals surface area contributed by atoms with Crippen molar-refractivity contribution in [3.05, 3.63) is 138 Å². The molecular formula is C51H55Cl5N4O5. The van der Waals surface area contributed by atoms with Crippen molar-refractivity contribution in [1.29, 1.82) is 0 Å². The van der Waals surface area contributed by atoms with Gasteiger partial charge in [0, 0.05) is 49.9 Å². The summed E-state index contributed by atoms with van der Waals surface area (Å²) < 4.78 is 0. The molecule has 4 aliphatic rings. The fourth-order valence-electron chi connectivity index (χ4n) is 9.62. The summed E-state index contributed by atoms with van der Waals surface area (Å²) in [6, 6.07) is 23.9. The molecule has 0 atom stereocenters. The van der Waals surface area contributed by atoms with E-state index in [-0.39, 0.29) is 24.8 Å². The molecule has 8 rings (SSSR count). The van der Waals surface area contributed by atoms with Crippen LogP contribution >= 0.6 is 58.0 Å². The molecule has 2 aliphatic carbocycles. The monoisotopic (exact) mass is 978 g/mol. The van der Waals surface area contributed by atoms with Crippen LogP contribution in [-0.2, 0) is 22.7 Å². The highest BCUT2D eigenvalue weighted by Gasteiger charge is 2.50. The van der Waals surface area contributed by atoms with Gasteiger partial charge in [-0.05, 0) is 158 Å². The summed E-state index contributed by atoms with van der Waals surface area (Å²) in [5.41, 5.74) is 3.33. The third-order valence-corrected chi connectivity index (χ3v) is 14.5. The largest absolute Gasteiger partial charge is 0.478 e. The van der Waals surface area contributed by atoms with E-state index in [1.54, 1.807) is 72.8 Å². The molecule has 0 aromatic heterocycles. The summed E-state index contributed by atoms with van der Waals surface area (Å²) in [7, 11) is 0. The van der Waals surface area contributed by atoms with Gasteiger partial charge < -0.3 is 14.9 Å². The Morgan fingerprint density at radius 2 is 0.923 bits per heavy atom. The van der Waals surface area contributed by atoms with Crippen LogP contribution in [0.2, 0.25) is 20.1 Å². The number of hydrogen-bond acceptors (Lipinski definition) is 6. The molecule has 2 heterocycles. The second-order valence-electron chi connectivity index (χ2n) is 18.1. The molecule has 0 radical (unpaired) electrons. The Morgan fingerprint density at radius 1 is 0.600 bits per heavy atom. The summed E-state index contributed by atoms with van der Waals surface area (Å²) >= 11 is 30.4. The average molecular weight is 981 g/mol. The van der Waals surface area contributed by atoms with E-state index in [2.05, 4.69) is 27.7 Å². The minimum atomic E-state index is -0.972.